The third-order valence-corrected chi connectivity index (χ3v) is 2.61. The highest BCUT2D eigenvalue weighted by atomic mass is 16.6. The first kappa shape index (κ1) is 11.6. The van der Waals surface area contributed by atoms with Crippen molar-refractivity contribution >= 4 is 5.71 Å². The van der Waals surface area contributed by atoms with Crippen molar-refractivity contribution in [1.29, 1.82) is 0 Å². The monoisotopic (exact) mass is 209 g/mol. The second-order valence-corrected chi connectivity index (χ2v) is 4.38. The zero-order chi connectivity index (χ0) is 11.8. The van der Waals surface area contributed by atoms with Crippen LogP contribution in [-0.4, -0.2) is 34.8 Å². The molecule has 0 saturated heterocycles. The van der Waals surface area contributed by atoms with Crippen molar-refractivity contribution in [1.82, 2.24) is 0 Å². The Bertz CT molecular complexity index is 377. The molecule has 0 saturated carbocycles. The Labute approximate surface area is 89.8 Å². The van der Waals surface area contributed by atoms with Crippen LogP contribution in [0.4, 0.5) is 0 Å². The number of rotatable bonds is 1. The fourth-order valence-electron chi connectivity index (χ4n) is 2.18. The van der Waals surface area contributed by atoms with Crippen molar-refractivity contribution in [3.63, 3.8) is 0 Å². The average Bonchev–Trinajstić information content (AvgIpc) is 2.00. The normalized spacial score (nSPS) is 25.8. The summed E-state index contributed by atoms with van der Waals surface area (Å²) in [4.78, 5) is 10.7. The summed E-state index contributed by atoms with van der Waals surface area (Å²) in [5.41, 5.74) is 1.92. The minimum Gasteiger partial charge on any atom is -0.263 e. The van der Waals surface area contributed by atoms with Crippen molar-refractivity contribution in [2.24, 2.45) is 0 Å². The van der Waals surface area contributed by atoms with E-state index >= 15 is 0 Å². The van der Waals surface area contributed by atoms with Gasteiger partial charge in [0.2, 0.25) is 5.71 Å². The van der Waals surface area contributed by atoms with Crippen LogP contribution >= 0.6 is 0 Å². The second kappa shape index (κ2) is 3.61. The fourth-order valence-corrected chi connectivity index (χ4v) is 2.18. The lowest BCUT2D eigenvalue weighted by Crippen LogP contribution is -2.35. The number of hydrogen-bond acceptors (Lipinski definition) is 2. The van der Waals surface area contributed by atoms with Crippen LogP contribution in [0.2, 0.25) is 0 Å². The lowest BCUT2D eigenvalue weighted by molar-refractivity contribution is -0.536. The summed E-state index contributed by atoms with van der Waals surface area (Å²) in [6, 6.07) is 0. The number of nitro groups is 1. The van der Waals surface area contributed by atoms with Gasteiger partial charge in [-0.3, -0.25) is 10.1 Å². The van der Waals surface area contributed by atoms with Gasteiger partial charge in [0, 0.05) is 35.1 Å². The first-order chi connectivity index (χ1) is 6.78. The smallest absolute Gasteiger partial charge is 0.257 e. The van der Waals surface area contributed by atoms with E-state index in [1.165, 1.54) is 0 Å². The Morgan fingerprint density at radius 2 is 1.60 bits per heavy atom. The molecular formula is C11H17N2O2+. The lowest BCUT2D eigenvalue weighted by Gasteiger charge is -2.20. The van der Waals surface area contributed by atoms with Gasteiger partial charge < -0.3 is 0 Å². The molecule has 0 aromatic rings. The predicted molar refractivity (Wildman–Crippen MR) is 60.0 cm³/mol. The summed E-state index contributed by atoms with van der Waals surface area (Å²) in [5, 5.41) is 10.9. The first-order valence-corrected chi connectivity index (χ1v) is 4.86. The number of hydrogen-bond donors (Lipinski definition) is 0. The molecule has 1 aliphatic carbocycles. The summed E-state index contributed by atoms with van der Waals surface area (Å²) in [7, 11) is 3.89. The molecule has 82 valence electrons. The number of allylic oxidation sites excluding steroid dienone is 2. The molecular weight excluding hydrogens is 192 g/mol. The highest BCUT2D eigenvalue weighted by Gasteiger charge is 2.38. The van der Waals surface area contributed by atoms with E-state index in [0.29, 0.717) is 0 Å². The van der Waals surface area contributed by atoms with Crippen LogP contribution in [0.3, 0.4) is 0 Å². The molecule has 0 bridgehead atoms. The van der Waals surface area contributed by atoms with Gasteiger partial charge in [0.25, 0.3) is 5.54 Å². The van der Waals surface area contributed by atoms with Gasteiger partial charge in [0.05, 0.1) is 0 Å². The van der Waals surface area contributed by atoms with E-state index in [0.717, 1.165) is 16.9 Å². The van der Waals surface area contributed by atoms with Crippen LogP contribution in [-0.2, 0) is 0 Å². The van der Waals surface area contributed by atoms with Gasteiger partial charge in [0.15, 0.2) is 0 Å². The minimum atomic E-state index is -1.06. The lowest BCUT2D eigenvalue weighted by atomic mass is 9.87. The third-order valence-electron chi connectivity index (χ3n) is 2.61. The number of nitrogens with zero attached hydrogens (tertiary/aromatic N) is 2. The Morgan fingerprint density at radius 3 is 1.87 bits per heavy atom. The molecule has 4 heteroatoms. The van der Waals surface area contributed by atoms with Gasteiger partial charge in [-0.2, -0.15) is 0 Å². The minimum absolute atomic E-state index is 0.258. The molecule has 0 unspecified atom stereocenters. The first-order valence-electron chi connectivity index (χ1n) is 4.86. The highest BCUT2D eigenvalue weighted by Crippen LogP contribution is 2.25. The third kappa shape index (κ3) is 1.98. The molecule has 0 amide bonds. The summed E-state index contributed by atoms with van der Waals surface area (Å²) < 4.78 is 1.98. The molecule has 0 radical (unpaired) electrons. The summed E-state index contributed by atoms with van der Waals surface area (Å²) in [5.74, 6) is 0. The molecule has 0 atom stereocenters. The molecule has 1 rings (SSSR count). The van der Waals surface area contributed by atoms with E-state index in [9.17, 15) is 10.1 Å². The van der Waals surface area contributed by atoms with Crippen LogP contribution in [0.15, 0.2) is 23.3 Å². The fraction of sp³-hybridized carbons (Fsp3) is 0.545. The zero-order valence-corrected chi connectivity index (χ0v) is 9.87. The van der Waals surface area contributed by atoms with E-state index in [1.54, 1.807) is 19.1 Å². The van der Waals surface area contributed by atoms with Crippen molar-refractivity contribution in [3.8, 4) is 0 Å². The van der Waals surface area contributed by atoms with Gasteiger partial charge in [-0.25, -0.2) is 4.58 Å². The molecule has 0 aromatic heterocycles. The van der Waals surface area contributed by atoms with Gasteiger partial charge in [0.1, 0.15) is 14.1 Å². The van der Waals surface area contributed by atoms with Crippen molar-refractivity contribution in [2.45, 2.75) is 26.3 Å². The van der Waals surface area contributed by atoms with Crippen LogP contribution in [0.25, 0.3) is 0 Å². The molecule has 0 aromatic carbocycles. The average molecular weight is 209 g/mol. The van der Waals surface area contributed by atoms with Crippen LogP contribution in [0.5, 0.6) is 0 Å². The molecule has 1 aliphatic rings. The quantitative estimate of drug-likeness (QED) is 0.374. The summed E-state index contributed by atoms with van der Waals surface area (Å²) >= 11 is 0. The van der Waals surface area contributed by atoms with E-state index in [4.69, 9.17) is 0 Å². The Hall–Kier alpha value is -1.45. The summed E-state index contributed by atoms with van der Waals surface area (Å²) in [6.45, 7) is 5.44. The molecule has 15 heavy (non-hydrogen) atoms. The molecule has 4 nitrogen and oxygen atoms in total. The van der Waals surface area contributed by atoms with Gasteiger partial charge >= 0.3 is 0 Å². The molecule has 0 heterocycles. The standard InChI is InChI=1S/C11H17N2O2/c1-8-6-11(3,13(14)15)7-9(2)10(8)12(4)5/h6-7H,1-5H3/q+1. The Morgan fingerprint density at radius 1 is 1.20 bits per heavy atom. The molecule has 0 N–H and O–H groups in total. The van der Waals surface area contributed by atoms with Crippen molar-refractivity contribution in [2.75, 3.05) is 14.1 Å². The molecule has 0 aliphatic heterocycles. The summed E-state index contributed by atoms with van der Waals surface area (Å²) in [6.07, 6.45) is 3.41. The Balaban J connectivity index is 3.33. The van der Waals surface area contributed by atoms with E-state index in [1.807, 2.05) is 32.5 Å². The topological polar surface area (TPSA) is 46.1 Å². The van der Waals surface area contributed by atoms with Crippen molar-refractivity contribution < 1.29 is 9.50 Å². The highest BCUT2D eigenvalue weighted by molar-refractivity contribution is 6.09. The van der Waals surface area contributed by atoms with E-state index < -0.39 is 5.54 Å². The maximum Gasteiger partial charge on any atom is 0.257 e. The van der Waals surface area contributed by atoms with E-state index in [-0.39, 0.29) is 4.92 Å². The van der Waals surface area contributed by atoms with Crippen LogP contribution in [0, 0.1) is 10.1 Å². The van der Waals surface area contributed by atoms with Gasteiger partial charge in [-0.15, -0.1) is 0 Å². The zero-order valence-electron chi connectivity index (χ0n) is 9.87. The SMILES string of the molecule is CC1=CC(C)([N+](=O)[O-])C=C(C)C1=[N+](C)C. The molecule has 0 fully saturated rings. The van der Waals surface area contributed by atoms with Crippen LogP contribution < -0.4 is 0 Å². The Kier molecular flexibility index (Phi) is 2.79. The van der Waals surface area contributed by atoms with Gasteiger partial charge in [-0.05, 0) is 13.8 Å². The van der Waals surface area contributed by atoms with Crippen LogP contribution in [0.1, 0.15) is 20.8 Å². The maximum absolute atomic E-state index is 10.9. The maximum atomic E-state index is 10.9. The largest absolute Gasteiger partial charge is 0.263 e. The predicted octanol–water partition coefficient (Wildman–Crippen LogP) is 1.64. The van der Waals surface area contributed by atoms with Gasteiger partial charge in [-0.1, -0.05) is 0 Å². The second-order valence-electron chi connectivity index (χ2n) is 4.38. The van der Waals surface area contributed by atoms with Crippen molar-refractivity contribution in [3.05, 3.63) is 33.4 Å². The van der Waals surface area contributed by atoms with E-state index in [2.05, 4.69) is 0 Å². The molecule has 0 spiro atoms.